The maximum absolute atomic E-state index is 14.2. The van der Waals surface area contributed by atoms with E-state index in [1.807, 2.05) is 23.2 Å². The Balaban J connectivity index is 1.75. The number of nitrogens with one attached hydrogen (secondary N) is 1. The quantitative estimate of drug-likeness (QED) is 0.547. The Hall–Kier alpha value is -2.73. The lowest BCUT2D eigenvalue weighted by Crippen LogP contribution is -2.42. The van der Waals surface area contributed by atoms with Crippen molar-refractivity contribution < 1.29 is 14.4 Å². The average molecular weight is 367 g/mol. The summed E-state index contributed by atoms with van der Waals surface area (Å²) in [6.45, 7) is 1.68. The highest BCUT2D eigenvalue weighted by Crippen LogP contribution is 2.49. The van der Waals surface area contributed by atoms with Gasteiger partial charge in [-0.25, -0.2) is 14.9 Å². The zero-order chi connectivity index (χ0) is 19.2. The van der Waals surface area contributed by atoms with Crippen molar-refractivity contribution in [1.29, 1.82) is 0 Å². The Morgan fingerprint density at radius 1 is 1.37 bits per heavy atom. The Labute approximate surface area is 156 Å². The maximum Gasteiger partial charge on any atom is 0.254 e. The van der Waals surface area contributed by atoms with Crippen LogP contribution < -0.4 is 5.48 Å². The Bertz CT molecular complexity index is 1030. The number of halogens is 1. The molecule has 1 fully saturated rings. The van der Waals surface area contributed by atoms with Crippen LogP contribution in [0.5, 0.6) is 0 Å². The lowest BCUT2D eigenvalue weighted by molar-refractivity contribution is -0.135. The van der Waals surface area contributed by atoms with Gasteiger partial charge >= 0.3 is 0 Å². The van der Waals surface area contributed by atoms with Gasteiger partial charge in [0.05, 0.1) is 22.8 Å². The molecular weight excluding hydrogens is 345 g/mol. The van der Waals surface area contributed by atoms with Gasteiger partial charge in [0.15, 0.2) is 0 Å². The van der Waals surface area contributed by atoms with E-state index in [1.54, 1.807) is 25.4 Å². The fourth-order valence-electron chi connectivity index (χ4n) is 4.54. The monoisotopic (exact) mass is 367 g/mol. The van der Waals surface area contributed by atoms with Crippen LogP contribution in [0.25, 0.3) is 11.0 Å². The Morgan fingerprint density at radius 3 is 2.96 bits per heavy atom. The molecule has 1 aromatic heterocycles. The molecule has 5 nitrogen and oxygen atoms in total. The Kier molecular flexibility index (Phi) is 4.23. The first-order chi connectivity index (χ1) is 13.0. The van der Waals surface area contributed by atoms with E-state index in [1.165, 1.54) is 6.07 Å². The van der Waals surface area contributed by atoms with Crippen LogP contribution in [0.2, 0.25) is 0 Å². The molecule has 0 aliphatic heterocycles. The molecule has 1 heterocycles. The third kappa shape index (κ3) is 2.72. The standard InChI is InChI=1S/C21H22FN3O2/c1-13-16(4-3-5-17(13)22)21(20(26)24-27)9-8-15(11-21)14-6-7-19-18(10-14)23-12-25(19)2/h3-7,10,12,15,27H,8-9,11H2,1-2H3,(H,24,26)/t15?,21-/m0/s1. The average Bonchev–Trinajstić information content (AvgIpc) is 3.28. The lowest BCUT2D eigenvalue weighted by Gasteiger charge is -2.29. The number of imidazole rings is 1. The number of nitrogens with zero attached hydrogens (tertiary/aromatic N) is 2. The van der Waals surface area contributed by atoms with Crippen LogP contribution in [0.15, 0.2) is 42.7 Å². The number of carbonyl (C=O) groups is 1. The molecule has 2 N–H and O–H groups in total. The van der Waals surface area contributed by atoms with Crippen LogP contribution in [0.3, 0.4) is 0 Å². The van der Waals surface area contributed by atoms with Gasteiger partial charge in [-0.15, -0.1) is 0 Å². The first-order valence-corrected chi connectivity index (χ1v) is 9.07. The molecule has 3 aromatic rings. The molecule has 0 saturated heterocycles. The van der Waals surface area contributed by atoms with Crippen LogP contribution in [0.1, 0.15) is 41.9 Å². The van der Waals surface area contributed by atoms with Crippen molar-refractivity contribution >= 4 is 16.9 Å². The number of benzene rings is 2. The topological polar surface area (TPSA) is 67.2 Å². The summed E-state index contributed by atoms with van der Waals surface area (Å²) in [7, 11) is 1.95. The summed E-state index contributed by atoms with van der Waals surface area (Å²) in [5, 5.41) is 9.38. The molecule has 140 valence electrons. The minimum absolute atomic E-state index is 0.136. The second-order valence-corrected chi connectivity index (χ2v) is 7.48. The van der Waals surface area contributed by atoms with Gasteiger partial charge in [0.1, 0.15) is 5.82 Å². The van der Waals surface area contributed by atoms with E-state index in [0.717, 1.165) is 23.0 Å². The third-order valence-corrected chi connectivity index (χ3v) is 6.05. The highest BCUT2D eigenvalue weighted by molar-refractivity contribution is 5.88. The maximum atomic E-state index is 14.2. The van der Waals surface area contributed by atoms with Gasteiger partial charge in [0.2, 0.25) is 0 Å². The summed E-state index contributed by atoms with van der Waals surface area (Å²) < 4.78 is 16.1. The number of hydrogen-bond acceptors (Lipinski definition) is 3. The molecule has 6 heteroatoms. The minimum Gasteiger partial charge on any atom is -0.334 e. The number of hydroxylamine groups is 1. The number of aryl methyl sites for hydroxylation is 1. The molecule has 4 rings (SSSR count). The van der Waals surface area contributed by atoms with Crippen LogP contribution in [-0.4, -0.2) is 20.7 Å². The van der Waals surface area contributed by atoms with Crippen molar-refractivity contribution in [1.82, 2.24) is 15.0 Å². The summed E-state index contributed by atoms with van der Waals surface area (Å²) >= 11 is 0. The van der Waals surface area contributed by atoms with Gasteiger partial charge in [0.25, 0.3) is 5.91 Å². The fourth-order valence-corrected chi connectivity index (χ4v) is 4.54. The van der Waals surface area contributed by atoms with Gasteiger partial charge in [-0.2, -0.15) is 0 Å². The van der Waals surface area contributed by atoms with Gasteiger partial charge in [-0.1, -0.05) is 18.2 Å². The molecule has 27 heavy (non-hydrogen) atoms. The first kappa shape index (κ1) is 17.7. The number of aromatic nitrogens is 2. The summed E-state index contributed by atoms with van der Waals surface area (Å²) in [5.74, 6) is -0.676. The summed E-state index contributed by atoms with van der Waals surface area (Å²) in [6.07, 6.45) is 3.63. The van der Waals surface area contributed by atoms with Crippen molar-refractivity contribution in [3.8, 4) is 0 Å². The first-order valence-electron chi connectivity index (χ1n) is 9.07. The molecule has 1 unspecified atom stereocenters. The van der Waals surface area contributed by atoms with Gasteiger partial charge in [0, 0.05) is 7.05 Å². The number of rotatable bonds is 3. The van der Waals surface area contributed by atoms with Crippen molar-refractivity contribution in [3.63, 3.8) is 0 Å². The Morgan fingerprint density at radius 2 is 2.19 bits per heavy atom. The zero-order valence-corrected chi connectivity index (χ0v) is 15.4. The second kappa shape index (κ2) is 6.46. The van der Waals surface area contributed by atoms with Crippen molar-refractivity contribution in [2.75, 3.05) is 0 Å². The summed E-state index contributed by atoms with van der Waals surface area (Å²) in [6, 6.07) is 11.0. The number of fused-ring (bicyclic) bond motifs is 1. The highest BCUT2D eigenvalue weighted by Gasteiger charge is 2.48. The zero-order valence-electron chi connectivity index (χ0n) is 15.4. The predicted octanol–water partition coefficient (Wildman–Crippen LogP) is 3.73. The van der Waals surface area contributed by atoms with E-state index in [9.17, 15) is 14.4 Å². The fraction of sp³-hybridized carbons (Fsp3) is 0.333. The molecule has 0 radical (unpaired) electrons. The van der Waals surface area contributed by atoms with E-state index >= 15 is 0 Å². The van der Waals surface area contributed by atoms with Gasteiger partial charge in [-0.05, 0) is 67.0 Å². The van der Waals surface area contributed by atoms with Crippen molar-refractivity contribution in [3.05, 3.63) is 65.2 Å². The smallest absolute Gasteiger partial charge is 0.254 e. The summed E-state index contributed by atoms with van der Waals surface area (Å²) in [4.78, 5) is 17.1. The number of hydrogen-bond donors (Lipinski definition) is 2. The molecule has 0 bridgehead atoms. The normalized spacial score (nSPS) is 22.3. The minimum atomic E-state index is -0.940. The van der Waals surface area contributed by atoms with Gasteiger partial charge in [-0.3, -0.25) is 10.0 Å². The van der Waals surface area contributed by atoms with E-state index in [0.29, 0.717) is 24.0 Å². The number of carbonyl (C=O) groups excluding carboxylic acids is 1. The van der Waals surface area contributed by atoms with Crippen LogP contribution >= 0.6 is 0 Å². The third-order valence-electron chi connectivity index (χ3n) is 6.05. The van der Waals surface area contributed by atoms with E-state index in [-0.39, 0.29) is 11.7 Å². The molecule has 1 amide bonds. The molecule has 0 spiro atoms. The van der Waals surface area contributed by atoms with Crippen LogP contribution in [-0.2, 0) is 17.3 Å². The largest absolute Gasteiger partial charge is 0.334 e. The van der Waals surface area contributed by atoms with E-state index in [4.69, 9.17) is 0 Å². The SMILES string of the molecule is Cc1c(F)cccc1[C@]1(C(=O)NO)CCC(c2ccc3c(c2)ncn3C)C1. The lowest BCUT2D eigenvalue weighted by atomic mass is 9.75. The van der Waals surface area contributed by atoms with Crippen molar-refractivity contribution in [2.24, 2.45) is 7.05 Å². The van der Waals surface area contributed by atoms with Crippen LogP contribution in [0, 0.1) is 12.7 Å². The number of amides is 1. The van der Waals surface area contributed by atoms with Gasteiger partial charge < -0.3 is 4.57 Å². The molecule has 2 aromatic carbocycles. The van der Waals surface area contributed by atoms with E-state index in [2.05, 4.69) is 17.1 Å². The molecule has 2 atom stereocenters. The van der Waals surface area contributed by atoms with E-state index < -0.39 is 11.3 Å². The highest BCUT2D eigenvalue weighted by atomic mass is 19.1. The molecular formula is C21H22FN3O2. The molecule has 1 aliphatic rings. The predicted molar refractivity (Wildman–Crippen MR) is 100 cm³/mol. The second-order valence-electron chi connectivity index (χ2n) is 7.48. The molecule has 1 saturated carbocycles. The summed E-state index contributed by atoms with van der Waals surface area (Å²) in [5.41, 5.74) is 5.07. The molecule has 1 aliphatic carbocycles. The van der Waals surface area contributed by atoms with Crippen LogP contribution in [0.4, 0.5) is 4.39 Å². The van der Waals surface area contributed by atoms with Crippen molar-refractivity contribution in [2.45, 2.75) is 37.5 Å².